The van der Waals surface area contributed by atoms with Crippen LogP contribution in [-0.4, -0.2) is 28.9 Å². The van der Waals surface area contributed by atoms with Gasteiger partial charge in [0.25, 0.3) is 5.56 Å². The average Bonchev–Trinajstić information content (AvgIpc) is 3.74. The Kier molecular flexibility index (Phi) is 5.86. The predicted octanol–water partition coefficient (Wildman–Crippen LogP) is 8.88. The van der Waals surface area contributed by atoms with Crippen LogP contribution in [0.1, 0.15) is 0 Å². The third kappa shape index (κ3) is 4.21. The zero-order valence-corrected chi connectivity index (χ0v) is 25.9. The Morgan fingerprint density at radius 3 is 1.96 bits per heavy atom. The highest BCUT2D eigenvalue weighted by molar-refractivity contribution is 6.10. The number of nitrogens with zero attached hydrogens (tertiary/aromatic N) is 6. The Hall–Kier alpha value is -6.93. The van der Waals surface area contributed by atoms with Crippen molar-refractivity contribution >= 4 is 49.7 Å². The van der Waals surface area contributed by atoms with E-state index in [1.165, 1.54) is 4.57 Å². The molecule has 10 aromatic rings. The fourth-order valence-corrected chi connectivity index (χ4v) is 6.73. The molecule has 0 spiro atoms. The van der Waals surface area contributed by atoms with Gasteiger partial charge in [0.05, 0.1) is 21.9 Å². The molecule has 0 fully saturated rings. The van der Waals surface area contributed by atoms with Gasteiger partial charge in [-0.05, 0) is 35.9 Å². The minimum absolute atomic E-state index is 0.191. The standard InChI is InChI=1S/C41H24N6O2/c48-39-31-23-22-27(28-17-11-18-30-29-16-7-10-21-35(29)49-36(28)30)24-34(31)46-33-20-9-8-19-32(33)42-41(46)47(39)40-44-37(25-12-3-1-4-13-25)43-38(45-40)26-14-5-2-6-15-26/h1-24H. The first-order valence-electron chi connectivity index (χ1n) is 16.0. The van der Waals surface area contributed by atoms with E-state index >= 15 is 0 Å². The summed E-state index contributed by atoms with van der Waals surface area (Å²) in [5.41, 5.74) is 7.16. The van der Waals surface area contributed by atoms with Gasteiger partial charge in [-0.2, -0.15) is 9.97 Å². The highest BCUT2D eigenvalue weighted by atomic mass is 16.3. The lowest BCUT2D eigenvalue weighted by Crippen LogP contribution is -2.24. The SMILES string of the molecule is O=c1c2ccc(-c3cccc4c3oc3ccccc34)cc2n2c3ccccc3nc2n1-c1nc(-c2ccccc2)nc(-c2ccccc2)n1. The number of benzene rings is 6. The maximum Gasteiger partial charge on any atom is 0.269 e. The zero-order valence-electron chi connectivity index (χ0n) is 25.9. The van der Waals surface area contributed by atoms with Crippen molar-refractivity contribution in [2.45, 2.75) is 0 Å². The first-order valence-corrected chi connectivity index (χ1v) is 16.0. The maximum atomic E-state index is 14.7. The van der Waals surface area contributed by atoms with Gasteiger partial charge in [-0.15, -0.1) is 0 Å². The van der Waals surface area contributed by atoms with Crippen molar-refractivity contribution in [3.05, 3.63) is 156 Å². The number of fused-ring (bicyclic) bond motifs is 8. The van der Waals surface area contributed by atoms with Crippen molar-refractivity contribution in [1.82, 2.24) is 28.9 Å². The number of imidazole rings is 1. The lowest BCUT2D eigenvalue weighted by atomic mass is 10.0. The van der Waals surface area contributed by atoms with Crippen LogP contribution in [0.5, 0.6) is 0 Å². The topological polar surface area (TPSA) is 91.1 Å². The second-order valence-corrected chi connectivity index (χ2v) is 11.9. The lowest BCUT2D eigenvalue weighted by molar-refractivity contribution is 0.670. The third-order valence-corrected chi connectivity index (χ3v) is 9.02. The van der Waals surface area contributed by atoms with Crippen LogP contribution in [0.2, 0.25) is 0 Å². The van der Waals surface area contributed by atoms with E-state index < -0.39 is 0 Å². The van der Waals surface area contributed by atoms with E-state index in [2.05, 4.69) is 18.2 Å². The highest BCUT2D eigenvalue weighted by Crippen LogP contribution is 2.37. The average molecular weight is 633 g/mol. The van der Waals surface area contributed by atoms with E-state index in [9.17, 15) is 4.79 Å². The summed E-state index contributed by atoms with van der Waals surface area (Å²) in [6, 6.07) is 47.4. The molecule has 0 amide bonds. The van der Waals surface area contributed by atoms with Crippen LogP contribution in [0.15, 0.2) is 155 Å². The first kappa shape index (κ1) is 27.2. The number of furan rings is 1. The van der Waals surface area contributed by atoms with Crippen LogP contribution in [0, 0.1) is 0 Å². The summed E-state index contributed by atoms with van der Waals surface area (Å²) in [6.45, 7) is 0. The van der Waals surface area contributed by atoms with Crippen LogP contribution in [0.3, 0.4) is 0 Å². The minimum Gasteiger partial charge on any atom is -0.455 e. The molecule has 0 bridgehead atoms. The van der Waals surface area contributed by atoms with Crippen molar-refractivity contribution in [2.24, 2.45) is 0 Å². The molecule has 0 N–H and O–H groups in total. The number of aromatic nitrogens is 6. The molecule has 0 aliphatic carbocycles. The van der Waals surface area contributed by atoms with Crippen molar-refractivity contribution in [1.29, 1.82) is 0 Å². The van der Waals surface area contributed by atoms with Gasteiger partial charge in [-0.1, -0.05) is 115 Å². The molecule has 0 atom stereocenters. The quantitative estimate of drug-likeness (QED) is 0.193. The zero-order chi connectivity index (χ0) is 32.5. The summed E-state index contributed by atoms with van der Waals surface area (Å²) in [4.78, 5) is 34.3. The van der Waals surface area contributed by atoms with Gasteiger partial charge < -0.3 is 4.42 Å². The van der Waals surface area contributed by atoms with E-state index in [1.807, 2.05) is 132 Å². The molecule has 8 nitrogen and oxygen atoms in total. The fraction of sp³-hybridized carbons (Fsp3) is 0. The van der Waals surface area contributed by atoms with Gasteiger partial charge in [0, 0.05) is 27.5 Å². The molecule has 6 aromatic carbocycles. The second-order valence-electron chi connectivity index (χ2n) is 11.9. The Bertz CT molecular complexity index is 2910. The van der Waals surface area contributed by atoms with Gasteiger partial charge in [0.15, 0.2) is 11.6 Å². The molecule has 0 aliphatic heterocycles. The largest absolute Gasteiger partial charge is 0.455 e. The van der Waals surface area contributed by atoms with E-state index in [-0.39, 0.29) is 11.5 Å². The summed E-state index contributed by atoms with van der Waals surface area (Å²) in [5, 5.41) is 2.60. The molecule has 8 heteroatoms. The summed E-state index contributed by atoms with van der Waals surface area (Å²) in [7, 11) is 0. The Balaban J connectivity index is 1.28. The van der Waals surface area contributed by atoms with E-state index in [0.717, 1.165) is 60.7 Å². The third-order valence-electron chi connectivity index (χ3n) is 9.02. The molecule has 10 rings (SSSR count). The Morgan fingerprint density at radius 2 is 1.18 bits per heavy atom. The van der Waals surface area contributed by atoms with Crippen molar-refractivity contribution in [3.63, 3.8) is 0 Å². The Morgan fingerprint density at radius 1 is 0.510 bits per heavy atom. The lowest BCUT2D eigenvalue weighted by Gasteiger charge is -2.13. The van der Waals surface area contributed by atoms with E-state index in [1.54, 1.807) is 0 Å². The molecule has 49 heavy (non-hydrogen) atoms. The first-order chi connectivity index (χ1) is 24.2. The number of hydrogen-bond donors (Lipinski definition) is 0. The molecule has 4 heterocycles. The smallest absolute Gasteiger partial charge is 0.269 e. The molecule has 230 valence electrons. The minimum atomic E-state index is -0.282. The van der Waals surface area contributed by atoms with Crippen LogP contribution in [0.25, 0.3) is 89.5 Å². The highest BCUT2D eigenvalue weighted by Gasteiger charge is 2.22. The van der Waals surface area contributed by atoms with E-state index in [0.29, 0.717) is 22.8 Å². The molecule has 0 radical (unpaired) electrons. The van der Waals surface area contributed by atoms with Crippen LogP contribution in [-0.2, 0) is 0 Å². The second kappa shape index (κ2) is 10.5. The summed E-state index contributed by atoms with van der Waals surface area (Å²) >= 11 is 0. The number of rotatable bonds is 4. The van der Waals surface area contributed by atoms with Gasteiger partial charge in [0.1, 0.15) is 11.2 Å². The summed E-state index contributed by atoms with van der Waals surface area (Å²) in [6.07, 6.45) is 0. The van der Waals surface area contributed by atoms with Crippen molar-refractivity contribution in [2.75, 3.05) is 0 Å². The van der Waals surface area contributed by atoms with E-state index in [4.69, 9.17) is 24.4 Å². The van der Waals surface area contributed by atoms with Gasteiger partial charge >= 0.3 is 0 Å². The van der Waals surface area contributed by atoms with Crippen LogP contribution in [0.4, 0.5) is 0 Å². The summed E-state index contributed by atoms with van der Waals surface area (Å²) in [5.74, 6) is 1.51. The van der Waals surface area contributed by atoms with Gasteiger partial charge in [-0.25, -0.2) is 14.5 Å². The molecular formula is C41H24N6O2. The molecule has 0 unspecified atom stereocenters. The van der Waals surface area contributed by atoms with Crippen LogP contribution < -0.4 is 5.56 Å². The normalized spacial score (nSPS) is 11.8. The fourth-order valence-electron chi connectivity index (χ4n) is 6.73. The summed E-state index contributed by atoms with van der Waals surface area (Å²) < 4.78 is 9.90. The maximum absolute atomic E-state index is 14.7. The Labute approximate surface area is 278 Å². The van der Waals surface area contributed by atoms with Crippen LogP contribution >= 0.6 is 0 Å². The molecule has 0 saturated carbocycles. The van der Waals surface area contributed by atoms with Gasteiger partial charge in [0.2, 0.25) is 11.7 Å². The molecule has 4 aromatic heterocycles. The monoisotopic (exact) mass is 632 g/mol. The molecule has 0 aliphatic rings. The number of para-hydroxylation sites is 4. The predicted molar refractivity (Wildman–Crippen MR) is 193 cm³/mol. The molecule has 0 saturated heterocycles. The number of hydrogen-bond acceptors (Lipinski definition) is 6. The van der Waals surface area contributed by atoms with Gasteiger partial charge in [-0.3, -0.25) is 9.20 Å². The van der Waals surface area contributed by atoms with Crippen molar-refractivity contribution < 1.29 is 4.42 Å². The molecular weight excluding hydrogens is 608 g/mol. The van der Waals surface area contributed by atoms with Crippen molar-refractivity contribution in [3.8, 4) is 39.9 Å².